The standard InChI is InChI=1S/C15H22N2/c16-15-14-9-5-4-8-13(14)11-17(15)10-12-6-2-1-3-7-12/h1-3,6-7,13-15H,4-5,8-11,16H2/t13?,14-,15-/m1/s1. The summed E-state index contributed by atoms with van der Waals surface area (Å²) in [6.45, 7) is 2.23. The summed E-state index contributed by atoms with van der Waals surface area (Å²) in [6.07, 6.45) is 5.82. The zero-order valence-corrected chi connectivity index (χ0v) is 10.4. The summed E-state index contributed by atoms with van der Waals surface area (Å²) >= 11 is 0. The lowest BCUT2D eigenvalue weighted by Gasteiger charge is -2.27. The van der Waals surface area contributed by atoms with Crippen LogP contribution in [0.3, 0.4) is 0 Å². The Morgan fingerprint density at radius 2 is 1.88 bits per heavy atom. The molecule has 0 bridgehead atoms. The number of rotatable bonds is 2. The van der Waals surface area contributed by atoms with Crippen molar-refractivity contribution in [3.05, 3.63) is 35.9 Å². The second-order valence-electron chi connectivity index (χ2n) is 5.61. The van der Waals surface area contributed by atoms with E-state index >= 15 is 0 Å². The summed E-state index contributed by atoms with van der Waals surface area (Å²) in [5, 5.41) is 0. The maximum absolute atomic E-state index is 6.41. The minimum atomic E-state index is 0.292. The molecule has 1 unspecified atom stereocenters. The number of nitrogens with zero attached hydrogens (tertiary/aromatic N) is 1. The molecule has 1 aliphatic carbocycles. The topological polar surface area (TPSA) is 29.3 Å². The van der Waals surface area contributed by atoms with Crippen molar-refractivity contribution < 1.29 is 0 Å². The van der Waals surface area contributed by atoms with Gasteiger partial charge in [0.2, 0.25) is 0 Å². The molecular weight excluding hydrogens is 208 g/mol. The highest BCUT2D eigenvalue weighted by Crippen LogP contribution is 2.39. The first-order valence-electron chi connectivity index (χ1n) is 6.88. The van der Waals surface area contributed by atoms with Gasteiger partial charge >= 0.3 is 0 Å². The largest absolute Gasteiger partial charge is 0.315 e. The predicted octanol–water partition coefficient (Wildman–Crippen LogP) is 2.59. The van der Waals surface area contributed by atoms with Crippen molar-refractivity contribution in [2.45, 2.75) is 38.4 Å². The molecule has 2 fully saturated rings. The number of hydrogen-bond donors (Lipinski definition) is 1. The molecule has 1 aromatic rings. The monoisotopic (exact) mass is 230 g/mol. The summed E-state index contributed by atoms with van der Waals surface area (Å²) in [5.74, 6) is 1.62. The minimum Gasteiger partial charge on any atom is -0.315 e. The van der Waals surface area contributed by atoms with Crippen LogP contribution < -0.4 is 5.73 Å². The van der Waals surface area contributed by atoms with E-state index in [0.717, 1.165) is 18.4 Å². The fourth-order valence-electron chi connectivity index (χ4n) is 3.59. The van der Waals surface area contributed by atoms with Crippen molar-refractivity contribution in [2.75, 3.05) is 6.54 Å². The van der Waals surface area contributed by atoms with Gasteiger partial charge in [-0.05, 0) is 30.2 Å². The molecule has 2 N–H and O–H groups in total. The highest BCUT2D eigenvalue weighted by atomic mass is 15.3. The van der Waals surface area contributed by atoms with E-state index in [0.29, 0.717) is 6.17 Å². The van der Waals surface area contributed by atoms with Crippen LogP contribution in [-0.2, 0) is 6.54 Å². The SMILES string of the molecule is N[C@H]1[C@@H]2CCCCC2CN1Cc1ccccc1. The van der Waals surface area contributed by atoms with Crippen molar-refractivity contribution in [2.24, 2.45) is 17.6 Å². The van der Waals surface area contributed by atoms with Gasteiger partial charge in [0.25, 0.3) is 0 Å². The van der Waals surface area contributed by atoms with Gasteiger partial charge in [-0.1, -0.05) is 43.2 Å². The van der Waals surface area contributed by atoms with E-state index in [9.17, 15) is 0 Å². The number of nitrogens with two attached hydrogens (primary N) is 1. The summed E-state index contributed by atoms with van der Waals surface area (Å²) < 4.78 is 0. The van der Waals surface area contributed by atoms with Crippen LogP contribution in [0, 0.1) is 11.8 Å². The quantitative estimate of drug-likeness (QED) is 0.846. The molecule has 0 amide bonds. The molecule has 92 valence electrons. The number of fused-ring (bicyclic) bond motifs is 1. The molecule has 3 atom stereocenters. The summed E-state index contributed by atoms with van der Waals surface area (Å²) in [4.78, 5) is 2.48. The Morgan fingerprint density at radius 1 is 1.12 bits per heavy atom. The molecule has 17 heavy (non-hydrogen) atoms. The molecule has 2 aliphatic rings. The van der Waals surface area contributed by atoms with Gasteiger partial charge in [0.15, 0.2) is 0 Å². The van der Waals surface area contributed by atoms with Crippen LogP contribution in [-0.4, -0.2) is 17.6 Å². The van der Waals surface area contributed by atoms with Crippen molar-refractivity contribution in [1.82, 2.24) is 4.90 Å². The fourth-order valence-corrected chi connectivity index (χ4v) is 3.59. The zero-order chi connectivity index (χ0) is 11.7. The number of benzene rings is 1. The number of hydrogen-bond acceptors (Lipinski definition) is 2. The van der Waals surface area contributed by atoms with E-state index in [1.165, 1.54) is 37.8 Å². The maximum atomic E-state index is 6.41. The van der Waals surface area contributed by atoms with E-state index in [2.05, 4.69) is 35.2 Å². The van der Waals surface area contributed by atoms with Gasteiger partial charge in [0, 0.05) is 13.1 Å². The first-order valence-corrected chi connectivity index (χ1v) is 6.88. The van der Waals surface area contributed by atoms with Gasteiger partial charge in [-0.3, -0.25) is 4.90 Å². The fraction of sp³-hybridized carbons (Fsp3) is 0.600. The van der Waals surface area contributed by atoms with Crippen LogP contribution >= 0.6 is 0 Å². The third-order valence-electron chi connectivity index (χ3n) is 4.53. The van der Waals surface area contributed by atoms with Crippen molar-refractivity contribution >= 4 is 0 Å². The normalized spacial score (nSPS) is 33.6. The molecule has 1 saturated carbocycles. The molecular formula is C15H22N2. The molecule has 1 aliphatic heterocycles. The Bertz CT molecular complexity index is 362. The number of likely N-dealkylation sites (tertiary alicyclic amines) is 1. The van der Waals surface area contributed by atoms with E-state index in [1.54, 1.807) is 0 Å². The second kappa shape index (κ2) is 4.79. The lowest BCUT2D eigenvalue weighted by atomic mass is 9.81. The van der Waals surface area contributed by atoms with Crippen LogP contribution in [0.5, 0.6) is 0 Å². The van der Waals surface area contributed by atoms with Crippen molar-refractivity contribution in [3.8, 4) is 0 Å². The minimum absolute atomic E-state index is 0.292. The Kier molecular flexibility index (Phi) is 3.17. The maximum Gasteiger partial charge on any atom is 0.0607 e. The third kappa shape index (κ3) is 2.24. The summed E-state index contributed by atoms with van der Waals surface area (Å²) in [7, 11) is 0. The average Bonchev–Trinajstić information content (AvgIpc) is 2.68. The third-order valence-corrected chi connectivity index (χ3v) is 4.53. The Labute approximate surface area is 104 Å². The Hall–Kier alpha value is -0.860. The van der Waals surface area contributed by atoms with Crippen LogP contribution in [0.2, 0.25) is 0 Å². The van der Waals surface area contributed by atoms with E-state index in [4.69, 9.17) is 5.73 Å². The summed E-state index contributed by atoms with van der Waals surface area (Å²) in [6, 6.07) is 10.7. The van der Waals surface area contributed by atoms with Crippen LogP contribution in [0.4, 0.5) is 0 Å². The van der Waals surface area contributed by atoms with Gasteiger partial charge < -0.3 is 5.73 Å². The molecule has 1 aromatic carbocycles. The van der Waals surface area contributed by atoms with Gasteiger partial charge in [-0.15, -0.1) is 0 Å². The van der Waals surface area contributed by atoms with Crippen molar-refractivity contribution in [3.63, 3.8) is 0 Å². The van der Waals surface area contributed by atoms with Gasteiger partial charge in [-0.2, -0.15) is 0 Å². The predicted molar refractivity (Wildman–Crippen MR) is 70.3 cm³/mol. The second-order valence-corrected chi connectivity index (χ2v) is 5.61. The van der Waals surface area contributed by atoms with Crippen LogP contribution in [0.25, 0.3) is 0 Å². The zero-order valence-electron chi connectivity index (χ0n) is 10.4. The molecule has 2 nitrogen and oxygen atoms in total. The molecule has 0 radical (unpaired) electrons. The van der Waals surface area contributed by atoms with Crippen LogP contribution in [0.1, 0.15) is 31.2 Å². The molecule has 3 rings (SSSR count). The molecule has 2 heteroatoms. The average molecular weight is 230 g/mol. The molecule has 0 spiro atoms. The van der Waals surface area contributed by atoms with E-state index < -0.39 is 0 Å². The molecule has 0 aromatic heterocycles. The Balaban J connectivity index is 1.68. The van der Waals surface area contributed by atoms with Gasteiger partial charge in [0.05, 0.1) is 6.17 Å². The highest BCUT2D eigenvalue weighted by Gasteiger charge is 2.40. The first kappa shape index (κ1) is 11.2. The molecule has 1 heterocycles. The van der Waals surface area contributed by atoms with Gasteiger partial charge in [0.1, 0.15) is 0 Å². The van der Waals surface area contributed by atoms with E-state index in [-0.39, 0.29) is 0 Å². The smallest absolute Gasteiger partial charge is 0.0607 e. The van der Waals surface area contributed by atoms with Crippen molar-refractivity contribution in [1.29, 1.82) is 0 Å². The van der Waals surface area contributed by atoms with Gasteiger partial charge in [-0.25, -0.2) is 0 Å². The lowest BCUT2D eigenvalue weighted by Crippen LogP contribution is -2.40. The van der Waals surface area contributed by atoms with Crippen LogP contribution in [0.15, 0.2) is 30.3 Å². The first-order chi connectivity index (χ1) is 8.34. The highest BCUT2D eigenvalue weighted by molar-refractivity contribution is 5.15. The molecule has 1 saturated heterocycles. The lowest BCUT2D eigenvalue weighted by molar-refractivity contribution is 0.210. The van der Waals surface area contributed by atoms with E-state index in [1.807, 2.05) is 0 Å². The Morgan fingerprint density at radius 3 is 2.65 bits per heavy atom. The summed E-state index contributed by atoms with van der Waals surface area (Å²) in [5.41, 5.74) is 7.80.